The van der Waals surface area contributed by atoms with Crippen molar-refractivity contribution < 1.29 is 14.4 Å². The summed E-state index contributed by atoms with van der Waals surface area (Å²) >= 11 is 0. The average Bonchev–Trinajstić information content (AvgIpc) is 2.24. The minimum absolute atomic E-state index is 0.0176. The molecule has 2 atom stereocenters. The van der Waals surface area contributed by atoms with Crippen molar-refractivity contribution >= 4 is 26.1 Å². The third-order valence-electron chi connectivity index (χ3n) is 4.57. The van der Waals surface area contributed by atoms with Crippen molar-refractivity contribution in [1.82, 2.24) is 4.57 Å². The Labute approximate surface area is 115 Å². The fourth-order valence-corrected chi connectivity index (χ4v) is 4.83. The largest absolute Gasteiger partial charge is 0.361 e. The van der Waals surface area contributed by atoms with Gasteiger partial charge < -0.3 is 10.1 Å². The lowest BCUT2D eigenvalue weighted by molar-refractivity contribution is -0.153. The van der Waals surface area contributed by atoms with Crippen LogP contribution in [0.4, 0.5) is 0 Å². The van der Waals surface area contributed by atoms with Crippen molar-refractivity contribution in [3.05, 3.63) is 5.53 Å². The first-order valence-electron chi connectivity index (χ1n) is 6.64. The van der Waals surface area contributed by atoms with Gasteiger partial charge in [-0.1, -0.05) is 40.8 Å². The third-order valence-corrected chi connectivity index (χ3v) is 9.94. The van der Waals surface area contributed by atoms with E-state index in [2.05, 4.69) is 38.7 Å². The quantitative estimate of drug-likeness (QED) is 0.260. The van der Waals surface area contributed by atoms with Gasteiger partial charge >= 0.3 is 6.21 Å². The van der Waals surface area contributed by atoms with Crippen molar-refractivity contribution in [2.45, 2.75) is 58.3 Å². The van der Waals surface area contributed by atoms with Crippen molar-refractivity contribution in [1.29, 1.82) is 0 Å². The molecule has 6 heteroatoms. The van der Waals surface area contributed by atoms with Crippen LogP contribution in [0.3, 0.4) is 0 Å². The molecule has 1 heterocycles. The van der Waals surface area contributed by atoms with Crippen LogP contribution in [0.2, 0.25) is 18.1 Å². The number of carbonyl (C=O) groups is 2. The monoisotopic (exact) mass is 281 g/mol. The summed E-state index contributed by atoms with van der Waals surface area (Å²) in [5, 5.41) is -0.0176. The van der Waals surface area contributed by atoms with E-state index in [4.69, 9.17) is 5.53 Å². The van der Waals surface area contributed by atoms with Gasteiger partial charge in [0.05, 0.1) is 5.92 Å². The van der Waals surface area contributed by atoms with Crippen LogP contribution < -0.4 is 0 Å². The van der Waals surface area contributed by atoms with Gasteiger partial charge in [0, 0.05) is 0 Å². The highest BCUT2D eigenvalue weighted by Crippen LogP contribution is 2.45. The fraction of sp³-hybridized carbons (Fsp3) is 0.769. The van der Waals surface area contributed by atoms with Gasteiger partial charge in [0.15, 0.2) is 8.24 Å². The number of rotatable bonds is 4. The third kappa shape index (κ3) is 2.42. The average molecular weight is 281 g/mol. The van der Waals surface area contributed by atoms with E-state index >= 15 is 0 Å². The lowest BCUT2D eigenvalue weighted by atomic mass is 9.85. The molecule has 0 aromatic carbocycles. The lowest BCUT2D eigenvalue weighted by Gasteiger charge is -2.57. The van der Waals surface area contributed by atoms with Gasteiger partial charge in [0.25, 0.3) is 5.78 Å². The molecule has 1 aliphatic rings. The Balaban J connectivity index is 3.16. The highest BCUT2D eigenvalue weighted by Gasteiger charge is 2.59. The normalized spacial score (nSPS) is 23.7. The van der Waals surface area contributed by atoms with Crippen molar-refractivity contribution in [3.63, 3.8) is 0 Å². The van der Waals surface area contributed by atoms with E-state index in [1.165, 1.54) is 0 Å². The summed E-state index contributed by atoms with van der Waals surface area (Å²) in [7, 11) is -2.08. The molecule has 0 spiro atoms. The molecule has 0 radical (unpaired) electrons. The standard InChI is InChI=1S/C13H23N3O2Si/c1-7-9-11(10(17)8-15-14)16(12(9)18)19(5,6)13(2,3)4/h8-9,11H,7H2,1-6H3. The molecule has 1 saturated heterocycles. The summed E-state index contributed by atoms with van der Waals surface area (Å²) in [5.41, 5.74) is 8.54. The molecule has 0 aromatic heterocycles. The number of Topliss-reactive ketones (excluding diaryl/α,β-unsaturated/α-hetero) is 1. The maximum Gasteiger partial charge on any atom is 0.325 e. The van der Waals surface area contributed by atoms with E-state index in [1.807, 2.05) is 6.92 Å². The summed E-state index contributed by atoms with van der Waals surface area (Å²) in [6.45, 7) is 12.4. The van der Waals surface area contributed by atoms with Gasteiger partial charge in [0.2, 0.25) is 5.91 Å². The summed E-state index contributed by atoms with van der Waals surface area (Å²) in [6, 6.07) is -0.450. The Morgan fingerprint density at radius 1 is 1.47 bits per heavy atom. The zero-order valence-electron chi connectivity index (χ0n) is 12.6. The van der Waals surface area contributed by atoms with E-state index in [0.717, 1.165) is 6.21 Å². The molecule has 19 heavy (non-hydrogen) atoms. The smallest absolute Gasteiger partial charge is 0.325 e. The molecule has 0 aromatic rings. The van der Waals surface area contributed by atoms with Gasteiger partial charge in [-0.15, -0.1) is 0 Å². The number of ketones is 1. The molecular weight excluding hydrogens is 258 g/mol. The van der Waals surface area contributed by atoms with E-state index < -0.39 is 14.3 Å². The molecule has 106 valence electrons. The van der Waals surface area contributed by atoms with Crippen LogP contribution in [-0.2, 0) is 9.59 Å². The van der Waals surface area contributed by atoms with Gasteiger partial charge in [-0.2, -0.15) is 4.79 Å². The first-order chi connectivity index (χ1) is 8.59. The van der Waals surface area contributed by atoms with Crippen LogP contribution in [0.15, 0.2) is 0 Å². The van der Waals surface area contributed by atoms with Gasteiger partial charge in [-0.25, -0.2) is 0 Å². The molecule has 5 nitrogen and oxygen atoms in total. The van der Waals surface area contributed by atoms with Crippen molar-refractivity contribution in [2.75, 3.05) is 0 Å². The van der Waals surface area contributed by atoms with Crippen LogP contribution in [0.5, 0.6) is 0 Å². The number of hydrogen-bond donors (Lipinski definition) is 0. The molecule has 1 rings (SSSR count). The summed E-state index contributed by atoms with van der Waals surface area (Å²) in [4.78, 5) is 27.2. The fourth-order valence-electron chi connectivity index (χ4n) is 2.39. The molecule has 2 unspecified atom stereocenters. The maximum atomic E-state index is 12.3. The number of nitrogens with zero attached hydrogens (tertiary/aromatic N) is 3. The zero-order valence-corrected chi connectivity index (χ0v) is 13.6. The second kappa shape index (κ2) is 5.02. The summed E-state index contributed by atoms with van der Waals surface area (Å²) in [5.74, 6) is -0.475. The molecule has 1 amide bonds. The molecule has 0 saturated carbocycles. The Bertz CT molecular complexity index is 447. The number of carbonyl (C=O) groups excluding carboxylic acids is 2. The van der Waals surface area contributed by atoms with E-state index in [-0.39, 0.29) is 22.6 Å². The second-order valence-corrected chi connectivity index (χ2v) is 11.7. The van der Waals surface area contributed by atoms with E-state index in [9.17, 15) is 9.59 Å². The SMILES string of the molecule is CCC1C(=O)N([Si](C)(C)C(C)(C)C)C1C(=O)C=[N+]=[N-]. The summed E-state index contributed by atoms with van der Waals surface area (Å²) in [6.07, 6.45) is 1.56. The second-order valence-electron chi connectivity index (χ2n) is 6.62. The Morgan fingerprint density at radius 2 is 2.00 bits per heavy atom. The van der Waals surface area contributed by atoms with Crippen LogP contribution in [0, 0.1) is 5.92 Å². The van der Waals surface area contributed by atoms with Crippen LogP contribution in [-0.4, -0.2) is 41.5 Å². The van der Waals surface area contributed by atoms with Crippen molar-refractivity contribution in [2.24, 2.45) is 5.92 Å². The molecular formula is C13H23N3O2Si. The Kier molecular flexibility index (Phi) is 4.17. The highest BCUT2D eigenvalue weighted by molar-refractivity contribution is 6.80. The van der Waals surface area contributed by atoms with Crippen LogP contribution in [0.1, 0.15) is 34.1 Å². The van der Waals surface area contributed by atoms with Gasteiger partial charge in [0.1, 0.15) is 6.04 Å². The highest BCUT2D eigenvalue weighted by atomic mass is 28.3. The van der Waals surface area contributed by atoms with Crippen LogP contribution >= 0.6 is 0 Å². The minimum Gasteiger partial charge on any atom is -0.361 e. The predicted molar refractivity (Wildman–Crippen MR) is 76.3 cm³/mol. The van der Waals surface area contributed by atoms with E-state index in [1.54, 1.807) is 4.57 Å². The number of hydrogen-bond acceptors (Lipinski definition) is 2. The molecule has 0 aliphatic carbocycles. The molecule has 0 N–H and O–H groups in total. The number of amides is 1. The van der Waals surface area contributed by atoms with E-state index in [0.29, 0.717) is 6.42 Å². The first kappa shape index (κ1) is 15.8. The zero-order chi connectivity index (χ0) is 15.0. The Hall–Kier alpha value is -1.26. The Morgan fingerprint density at radius 3 is 2.37 bits per heavy atom. The predicted octanol–water partition coefficient (Wildman–Crippen LogP) is 2.10. The minimum atomic E-state index is -2.08. The molecule has 1 fully saturated rings. The maximum absolute atomic E-state index is 12.3. The topological polar surface area (TPSA) is 73.8 Å². The lowest BCUT2D eigenvalue weighted by Crippen LogP contribution is -2.74. The van der Waals surface area contributed by atoms with Gasteiger partial charge in [-0.05, 0) is 11.5 Å². The van der Waals surface area contributed by atoms with Crippen molar-refractivity contribution in [3.8, 4) is 0 Å². The van der Waals surface area contributed by atoms with Crippen LogP contribution in [0.25, 0.3) is 5.53 Å². The molecule has 1 aliphatic heterocycles. The van der Waals surface area contributed by atoms with Gasteiger partial charge in [-0.3, -0.25) is 9.59 Å². The first-order valence-corrected chi connectivity index (χ1v) is 9.58. The molecule has 0 bridgehead atoms. The number of β-lactam (4-membered cyclic amide) rings is 1. The summed E-state index contributed by atoms with van der Waals surface area (Å²) < 4.78 is 1.78.